The van der Waals surface area contributed by atoms with E-state index in [1.807, 2.05) is 12.3 Å². The zero-order chi connectivity index (χ0) is 6.10. The maximum Gasteiger partial charge on any atom is 0.0682 e. The van der Waals surface area contributed by atoms with E-state index in [1.54, 1.807) is 0 Å². The number of hydrogen-bond donors (Lipinski definition) is 2. The van der Waals surface area contributed by atoms with Crippen LogP contribution in [-0.2, 0) is 0 Å². The maximum atomic E-state index is 4.12. The summed E-state index contributed by atoms with van der Waals surface area (Å²) >= 11 is 0. The number of nitrogens with zero attached hydrogens (tertiary/aromatic N) is 1. The monoisotopic (exact) mass is 123 g/mol. The third-order valence-electron chi connectivity index (χ3n) is 1.66. The highest BCUT2D eigenvalue weighted by molar-refractivity contribution is 5.73. The van der Waals surface area contributed by atoms with Crippen LogP contribution in [0.5, 0.6) is 0 Å². The third-order valence-corrected chi connectivity index (χ3v) is 1.66. The van der Waals surface area contributed by atoms with Crippen molar-refractivity contribution in [1.29, 1.82) is 0 Å². The van der Waals surface area contributed by atoms with Gasteiger partial charge in [0.05, 0.1) is 19.3 Å². The molecular weight excluding hydrogens is 114 g/mol. The van der Waals surface area contributed by atoms with Gasteiger partial charge in [0.1, 0.15) is 0 Å². The molecule has 0 amide bonds. The molecule has 2 aliphatic rings. The molecule has 0 bridgehead atoms. The summed E-state index contributed by atoms with van der Waals surface area (Å²) in [5.74, 6) is 0. The van der Waals surface area contributed by atoms with Crippen molar-refractivity contribution < 1.29 is 0 Å². The summed E-state index contributed by atoms with van der Waals surface area (Å²) < 4.78 is 0. The fourth-order valence-corrected chi connectivity index (χ4v) is 1.15. The average molecular weight is 123 g/mol. The topological polar surface area (TPSA) is 36.4 Å². The fourth-order valence-electron chi connectivity index (χ4n) is 1.15. The Morgan fingerprint density at radius 3 is 3.56 bits per heavy atom. The van der Waals surface area contributed by atoms with E-state index in [1.165, 1.54) is 5.70 Å². The van der Waals surface area contributed by atoms with Gasteiger partial charge in [-0.1, -0.05) is 0 Å². The zero-order valence-electron chi connectivity index (χ0n) is 5.09. The molecule has 0 radical (unpaired) electrons. The van der Waals surface area contributed by atoms with Crippen LogP contribution in [0.2, 0.25) is 0 Å². The number of aliphatic imine (C=N–C) groups is 1. The van der Waals surface area contributed by atoms with Gasteiger partial charge in [-0.3, -0.25) is 10.3 Å². The summed E-state index contributed by atoms with van der Waals surface area (Å²) in [5.41, 5.74) is 1.28. The first-order valence-electron chi connectivity index (χ1n) is 3.14. The molecule has 48 valence electrons. The molecule has 0 saturated carbocycles. The van der Waals surface area contributed by atoms with Crippen LogP contribution in [0.15, 0.2) is 16.8 Å². The lowest BCUT2D eigenvalue weighted by atomic mass is 10.2. The van der Waals surface area contributed by atoms with E-state index in [0.717, 1.165) is 13.2 Å². The average Bonchev–Trinajstić information content (AvgIpc) is 2.33. The predicted molar refractivity (Wildman–Crippen MR) is 36.4 cm³/mol. The Balaban J connectivity index is 2.23. The van der Waals surface area contributed by atoms with Crippen LogP contribution in [0.1, 0.15) is 0 Å². The number of dihydropyridines is 1. The van der Waals surface area contributed by atoms with Gasteiger partial charge < -0.3 is 5.32 Å². The van der Waals surface area contributed by atoms with Crippen molar-refractivity contribution in [3.05, 3.63) is 11.8 Å². The molecule has 2 rings (SSSR count). The van der Waals surface area contributed by atoms with Gasteiger partial charge in [0.25, 0.3) is 0 Å². The second kappa shape index (κ2) is 1.84. The SMILES string of the molecule is C1=NCC2NCNC2=C1. The Hall–Kier alpha value is -0.830. The van der Waals surface area contributed by atoms with Gasteiger partial charge >= 0.3 is 0 Å². The third kappa shape index (κ3) is 0.733. The second-order valence-electron chi connectivity index (χ2n) is 2.25. The first-order chi connectivity index (χ1) is 4.47. The quantitative estimate of drug-likeness (QED) is 0.454. The molecule has 0 aromatic carbocycles. The van der Waals surface area contributed by atoms with E-state index in [9.17, 15) is 0 Å². The van der Waals surface area contributed by atoms with Gasteiger partial charge in [0.2, 0.25) is 0 Å². The Labute approximate surface area is 53.9 Å². The van der Waals surface area contributed by atoms with Crippen molar-refractivity contribution >= 4 is 6.21 Å². The highest BCUT2D eigenvalue weighted by Gasteiger charge is 2.19. The normalized spacial score (nSPS) is 31.1. The predicted octanol–water partition coefficient (Wildman–Crippen LogP) is -0.526. The Morgan fingerprint density at radius 1 is 1.67 bits per heavy atom. The molecule has 3 nitrogen and oxygen atoms in total. The molecule has 3 heteroatoms. The number of hydrogen-bond acceptors (Lipinski definition) is 3. The molecule has 2 heterocycles. The molecule has 1 fully saturated rings. The van der Waals surface area contributed by atoms with E-state index in [2.05, 4.69) is 15.6 Å². The molecule has 9 heavy (non-hydrogen) atoms. The highest BCUT2D eigenvalue weighted by atomic mass is 15.2. The fraction of sp³-hybridized carbons (Fsp3) is 0.500. The lowest BCUT2D eigenvalue weighted by Crippen LogP contribution is -2.27. The van der Waals surface area contributed by atoms with Gasteiger partial charge in [-0.15, -0.1) is 0 Å². The van der Waals surface area contributed by atoms with Crippen molar-refractivity contribution in [2.75, 3.05) is 13.2 Å². The van der Waals surface area contributed by atoms with Gasteiger partial charge in [-0.25, -0.2) is 0 Å². The Bertz CT molecular complexity index is 171. The largest absolute Gasteiger partial charge is 0.374 e. The van der Waals surface area contributed by atoms with E-state index < -0.39 is 0 Å². The van der Waals surface area contributed by atoms with Crippen molar-refractivity contribution in [2.45, 2.75) is 6.04 Å². The van der Waals surface area contributed by atoms with Crippen LogP contribution in [0.4, 0.5) is 0 Å². The van der Waals surface area contributed by atoms with Crippen LogP contribution >= 0.6 is 0 Å². The molecule has 1 unspecified atom stereocenters. The lowest BCUT2D eigenvalue weighted by Gasteiger charge is -2.09. The van der Waals surface area contributed by atoms with Gasteiger partial charge in [-0.05, 0) is 6.08 Å². The van der Waals surface area contributed by atoms with Crippen LogP contribution in [-0.4, -0.2) is 25.5 Å². The minimum atomic E-state index is 0.468. The van der Waals surface area contributed by atoms with Crippen LogP contribution in [0.25, 0.3) is 0 Å². The highest BCUT2D eigenvalue weighted by Crippen LogP contribution is 2.06. The van der Waals surface area contributed by atoms with Crippen molar-refractivity contribution in [3.8, 4) is 0 Å². The van der Waals surface area contributed by atoms with E-state index in [4.69, 9.17) is 0 Å². The summed E-state index contributed by atoms with van der Waals surface area (Å²) in [7, 11) is 0. The summed E-state index contributed by atoms with van der Waals surface area (Å²) in [5, 5.41) is 6.48. The minimum absolute atomic E-state index is 0.468. The first-order valence-corrected chi connectivity index (χ1v) is 3.14. The van der Waals surface area contributed by atoms with E-state index in [-0.39, 0.29) is 0 Å². The van der Waals surface area contributed by atoms with Crippen molar-refractivity contribution in [1.82, 2.24) is 10.6 Å². The zero-order valence-corrected chi connectivity index (χ0v) is 5.09. The Morgan fingerprint density at radius 2 is 2.67 bits per heavy atom. The number of nitrogens with one attached hydrogen (secondary N) is 2. The number of fused-ring (bicyclic) bond motifs is 1. The van der Waals surface area contributed by atoms with Gasteiger partial charge in [-0.2, -0.15) is 0 Å². The molecule has 1 saturated heterocycles. The van der Waals surface area contributed by atoms with Gasteiger partial charge in [0, 0.05) is 11.9 Å². The molecule has 0 aromatic rings. The molecule has 2 aliphatic heterocycles. The molecular formula is C6H9N3. The van der Waals surface area contributed by atoms with Gasteiger partial charge in [0.15, 0.2) is 0 Å². The van der Waals surface area contributed by atoms with E-state index in [0.29, 0.717) is 6.04 Å². The number of allylic oxidation sites excluding steroid dienone is 1. The van der Waals surface area contributed by atoms with Crippen molar-refractivity contribution in [2.24, 2.45) is 4.99 Å². The summed E-state index contributed by atoms with van der Waals surface area (Å²) in [6, 6.07) is 0.468. The number of rotatable bonds is 0. The molecule has 0 aromatic heterocycles. The molecule has 2 N–H and O–H groups in total. The standard InChI is InChI=1S/C6H9N3/c1-2-7-3-6-5(1)8-4-9-6/h1-2,6,8-9H,3-4H2. The van der Waals surface area contributed by atoms with Crippen LogP contribution in [0, 0.1) is 0 Å². The molecule has 0 aliphatic carbocycles. The maximum absolute atomic E-state index is 4.12. The Kier molecular flexibility index (Phi) is 1.02. The van der Waals surface area contributed by atoms with Crippen molar-refractivity contribution in [3.63, 3.8) is 0 Å². The summed E-state index contributed by atoms with van der Waals surface area (Å²) in [4.78, 5) is 4.12. The lowest BCUT2D eigenvalue weighted by molar-refractivity contribution is 0.669. The van der Waals surface area contributed by atoms with E-state index >= 15 is 0 Å². The molecule has 0 spiro atoms. The smallest absolute Gasteiger partial charge is 0.0682 e. The second-order valence-corrected chi connectivity index (χ2v) is 2.25. The van der Waals surface area contributed by atoms with Crippen LogP contribution < -0.4 is 10.6 Å². The first kappa shape index (κ1) is 4.99. The minimum Gasteiger partial charge on any atom is -0.374 e. The summed E-state index contributed by atoms with van der Waals surface area (Å²) in [6.07, 6.45) is 3.88. The summed E-state index contributed by atoms with van der Waals surface area (Å²) in [6.45, 7) is 1.78. The molecule has 1 atom stereocenters. The van der Waals surface area contributed by atoms with Crippen LogP contribution in [0.3, 0.4) is 0 Å².